The second-order valence-electron chi connectivity index (χ2n) is 7.25. The zero-order valence-corrected chi connectivity index (χ0v) is 16.2. The van der Waals surface area contributed by atoms with Crippen LogP contribution in [-0.2, 0) is 12.6 Å². The monoisotopic (exact) mass is 443 g/mol. The predicted molar refractivity (Wildman–Crippen MR) is 102 cm³/mol. The van der Waals surface area contributed by atoms with Crippen LogP contribution in [0.2, 0.25) is 0 Å². The van der Waals surface area contributed by atoms with Gasteiger partial charge in [-0.25, -0.2) is 0 Å². The Labute approximate surface area is 166 Å². The highest BCUT2D eigenvalue weighted by Crippen LogP contribution is 2.44. The Morgan fingerprint density at radius 1 is 1.00 bits per heavy atom. The third kappa shape index (κ3) is 3.80. The smallest absolute Gasteiger partial charge is 0.416 e. The van der Waals surface area contributed by atoms with Crippen molar-refractivity contribution < 1.29 is 23.4 Å². The number of phenolic OH excluding ortho intramolecular Hbond substituents is 2. The molecule has 1 aliphatic heterocycles. The van der Waals surface area contributed by atoms with E-state index in [4.69, 9.17) is 0 Å². The lowest BCUT2D eigenvalue weighted by Gasteiger charge is -2.41. The third-order valence-corrected chi connectivity index (χ3v) is 5.72. The van der Waals surface area contributed by atoms with E-state index < -0.39 is 11.7 Å². The zero-order chi connectivity index (χ0) is 18.5. The standard InChI is InChI=1S/C20H20F3NO2.BrH/c21-20(22,23)14-4-1-11(2-5-14)13-7-16-15-9-19(26)18(25)8-12(15)3-6-17(16)24-10-13;/h1-2,4-5,8-9,13,16-17,24-26H,3,6-7,10H2;1H/t13-,16-,17-;/m1./s1. The highest BCUT2D eigenvalue weighted by molar-refractivity contribution is 8.93. The summed E-state index contributed by atoms with van der Waals surface area (Å²) in [6, 6.07) is 8.96. The summed E-state index contributed by atoms with van der Waals surface area (Å²) >= 11 is 0. The Morgan fingerprint density at radius 2 is 1.67 bits per heavy atom. The number of piperidine rings is 1. The highest BCUT2D eigenvalue weighted by atomic mass is 79.9. The summed E-state index contributed by atoms with van der Waals surface area (Å²) in [7, 11) is 0. The van der Waals surface area contributed by atoms with Crippen molar-refractivity contribution >= 4 is 17.0 Å². The first-order valence-electron chi connectivity index (χ1n) is 8.78. The molecule has 2 aromatic rings. The lowest BCUT2D eigenvalue weighted by Crippen LogP contribution is -2.45. The van der Waals surface area contributed by atoms with Crippen molar-refractivity contribution in [2.75, 3.05) is 6.54 Å². The molecule has 4 rings (SSSR count). The van der Waals surface area contributed by atoms with Crippen molar-refractivity contribution in [2.45, 2.75) is 43.3 Å². The third-order valence-electron chi connectivity index (χ3n) is 5.72. The van der Waals surface area contributed by atoms with Gasteiger partial charge in [0, 0.05) is 18.5 Å². The fourth-order valence-corrected chi connectivity index (χ4v) is 4.34. The largest absolute Gasteiger partial charge is 0.504 e. The first-order valence-corrected chi connectivity index (χ1v) is 8.78. The van der Waals surface area contributed by atoms with Crippen LogP contribution in [0.1, 0.15) is 46.9 Å². The van der Waals surface area contributed by atoms with Crippen LogP contribution in [0.25, 0.3) is 0 Å². The van der Waals surface area contributed by atoms with Gasteiger partial charge < -0.3 is 15.5 Å². The molecule has 2 aromatic carbocycles. The summed E-state index contributed by atoms with van der Waals surface area (Å²) < 4.78 is 38.3. The number of fused-ring (bicyclic) bond motifs is 3. The van der Waals surface area contributed by atoms with E-state index in [-0.39, 0.29) is 46.4 Å². The molecule has 0 bridgehead atoms. The van der Waals surface area contributed by atoms with Crippen LogP contribution < -0.4 is 5.32 Å². The van der Waals surface area contributed by atoms with Gasteiger partial charge in [-0.2, -0.15) is 13.2 Å². The first-order chi connectivity index (χ1) is 12.3. The summed E-state index contributed by atoms with van der Waals surface area (Å²) in [6.07, 6.45) is -1.74. The number of halogens is 4. The van der Waals surface area contributed by atoms with Gasteiger partial charge in [-0.3, -0.25) is 0 Å². The van der Waals surface area contributed by atoms with Crippen LogP contribution in [0, 0.1) is 0 Å². The minimum absolute atomic E-state index is 0. The fraction of sp³-hybridized carbons (Fsp3) is 0.400. The molecule has 1 saturated heterocycles. The Balaban J connectivity index is 0.00000210. The molecule has 2 aliphatic rings. The number of rotatable bonds is 1. The second kappa shape index (κ2) is 7.36. The number of hydrogen-bond acceptors (Lipinski definition) is 3. The quantitative estimate of drug-likeness (QED) is 0.551. The van der Waals surface area contributed by atoms with Crippen molar-refractivity contribution in [3.8, 4) is 11.5 Å². The molecule has 0 amide bonds. The van der Waals surface area contributed by atoms with E-state index in [1.54, 1.807) is 24.3 Å². The van der Waals surface area contributed by atoms with Gasteiger partial charge >= 0.3 is 6.18 Å². The van der Waals surface area contributed by atoms with E-state index in [1.165, 1.54) is 0 Å². The molecular formula is C20H21BrF3NO2. The molecule has 1 heterocycles. The molecule has 3 nitrogen and oxygen atoms in total. The van der Waals surface area contributed by atoms with Gasteiger partial charge in [0.1, 0.15) is 0 Å². The Morgan fingerprint density at radius 3 is 2.33 bits per heavy atom. The summed E-state index contributed by atoms with van der Waals surface area (Å²) in [5.74, 6) is 0.0537. The molecule has 1 fully saturated rings. The number of benzene rings is 2. The van der Waals surface area contributed by atoms with Crippen LogP contribution in [0.4, 0.5) is 13.2 Å². The molecule has 27 heavy (non-hydrogen) atoms. The maximum absolute atomic E-state index is 12.8. The van der Waals surface area contributed by atoms with E-state index in [1.807, 2.05) is 0 Å². The van der Waals surface area contributed by atoms with Crippen LogP contribution in [-0.4, -0.2) is 22.8 Å². The molecule has 3 atom stereocenters. The number of hydrogen-bond donors (Lipinski definition) is 3. The molecule has 0 saturated carbocycles. The maximum Gasteiger partial charge on any atom is 0.416 e. The molecular weight excluding hydrogens is 423 g/mol. The molecule has 0 aromatic heterocycles. The Kier molecular flexibility index (Phi) is 5.45. The first kappa shape index (κ1) is 20.0. The molecule has 0 radical (unpaired) electrons. The van der Waals surface area contributed by atoms with Gasteiger partial charge in [0.2, 0.25) is 0 Å². The predicted octanol–water partition coefficient (Wildman–Crippen LogP) is 4.87. The summed E-state index contributed by atoms with van der Waals surface area (Å²) in [4.78, 5) is 0. The number of aryl methyl sites for hydroxylation is 1. The van der Waals surface area contributed by atoms with Gasteiger partial charge in [0.15, 0.2) is 11.5 Å². The van der Waals surface area contributed by atoms with Crippen LogP contribution >= 0.6 is 17.0 Å². The van der Waals surface area contributed by atoms with Gasteiger partial charge in [0.05, 0.1) is 5.56 Å². The topological polar surface area (TPSA) is 52.5 Å². The molecule has 0 unspecified atom stereocenters. The molecule has 3 N–H and O–H groups in total. The van der Waals surface area contributed by atoms with Crippen molar-refractivity contribution in [2.24, 2.45) is 0 Å². The van der Waals surface area contributed by atoms with E-state index in [0.29, 0.717) is 0 Å². The van der Waals surface area contributed by atoms with Crippen molar-refractivity contribution in [1.82, 2.24) is 5.32 Å². The van der Waals surface area contributed by atoms with E-state index in [9.17, 15) is 23.4 Å². The number of phenols is 2. The van der Waals surface area contributed by atoms with Gasteiger partial charge in [0.25, 0.3) is 0 Å². The zero-order valence-electron chi connectivity index (χ0n) is 14.5. The summed E-state index contributed by atoms with van der Waals surface area (Å²) in [5.41, 5.74) is 2.32. The van der Waals surface area contributed by atoms with E-state index in [2.05, 4.69) is 5.32 Å². The van der Waals surface area contributed by atoms with Gasteiger partial charge in [-0.1, -0.05) is 12.1 Å². The lowest BCUT2D eigenvalue weighted by molar-refractivity contribution is -0.137. The SMILES string of the molecule is Br.Oc1cc2c(cc1O)[C@H]1C[C@@H](c3ccc(C(F)(F)F)cc3)CN[C@@H]1CC2. The fourth-order valence-electron chi connectivity index (χ4n) is 4.34. The highest BCUT2D eigenvalue weighted by Gasteiger charge is 2.36. The Bertz CT molecular complexity index is 823. The van der Waals surface area contributed by atoms with Gasteiger partial charge in [-0.05, 0) is 66.1 Å². The summed E-state index contributed by atoms with van der Waals surface area (Å²) in [5, 5.41) is 23.1. The second-order valence-corrected chi connectivity index (χ2v) is 7.25. The maximum atomic E-state index is 12.8. The van der Waals surface area contributed by atoms with Crippen LogP contribution in [0.15, 0.2) is 36.4 Å². The van der Waals surface area contributed by atoms with Gasteiger partial charge in [-0.15, -0.1) is 17.0 Å². The van der Waals surface area contributed by atoms with Crippen molar-refractivity contribution in [3.63, 3.8) is 0 Å². The van der Waals surface area contributed by atoms with Crippen molar-refractivity contribution in [1.29, 1.82) is 0 Å². The normalized spacial score (nSPS) is 24.5. The summed E-state index contributed by atoms with van der Waals surface area (Å²) in [6.45, 7) is 0.728. The number of aromatic hydroxyl groups is 2. The number of alkyl halides is 3. The molecule has 0 spiro atoms. The number of nitrogens with one attached hydrogen (secondary N) is 1. The van der Waals surface area contributed by atoms with E-state index in [0.717, 1.165) is 54.6 Å². The Hall–Kier alpha value is -1.73. The van der Waals surface area contributed by atoms with Crippen LogP contribution in [0.5, 0.6) is 11.5 Å². The lowest BCUT2D eigenvalue weighted by atomic mass is 9.71. The minimum atomic E-state index is -4.32. The molecule has 7 heteroatoms. The van der Waals surface area contributed by atoms with E-state index >= 15 is 0 Å². The van der Waals surface area contributed by atoms with Crippen molar-refractivity contribution in [3.05, 3.63) is 58.7 Å². The average Bonchev–Trinajstić information content (AvgIpc) is 2.62. The average molecular weight is 444 g/mol. The molecule has 1 aliphatic carbocycles. The molecule has 146 valence electrons. The minimum Gasteiger partial charge on any atom is -0.504 e. The van der Waals surface area contributed by atoms with Crippen LogP contribution in [0.3, 0.4) is 0 Å².